The Labute approximate surface area is 235 Å². The van der Waals surface area contributed by atoms with Crippen molar-refractivity contribution < 1.29 is 36.0 Å². The maximum atomic E-state index is 15.0. The second-order valence-corrected chi connectivity index (χ2v) is 13.0. The molecule has 40 heavy (non-hydrogen) atoms. The number of hydrogen-bond acceptors (Lipinski definition) is 6. The Morgan fingerprint density at radius 3 is 2.62 bits per heavy atom. The van der Waals surface area contributed by atoms with Crippen LogP contribution in [0.25, 0.3) is 0 Å². The molecule has 1 saturated carbocycles. The first-order valence-corrected chi connectivity index (χ1v) is 15.3. The first kappa shape index (κ1) is 30.2. The van der Waals surface area contributed by atoms with E-state index in [1.54, 1.807) is 25.1 Å². The molecule has 1 aromatic rings. The minimum absolute atomic E-state index is 0.00357. The molecular weight excluding hydrogens is 573 g/mol. The van der Waals surface area contributed by atoms with Crippen LogP contribution in [0, 0.1) is 18.8 Å². The number of hydrogen-bond donors (Lipinski definition) is 3. The van der Waals surface area contributed by atoms with Crippen molar-refractivity contribution in [3.8, 4) is 0 Å². The van der Waals surface area contributed by atoms with Gasteiger partial charge in [0.15, 0.2) is 0 Å². The smallest absolute Gasteiger partial charge is 0.255 e. The maximum absolute atomic E-state index is 15.0. The van der Waals surface area contributed by atoms with E-state index in [1.807, 2.05) is 0 Å². The zero-order valence-electron chi connectivity index (χ0n) is 22.1. The highest BCUT2D eigenvalue weighted by atomic mass is 35.5. The summed E-state index contributed by atoms with van der Waals surface area (Å²) in [6.45, 7) is 1.83. The zero-order valence-corrected chi connectivity index (χ0v) is 23.6. The number of amides is 3. The highest BCUT2D eigenvalue weighted by Crippen LogP contribution is 2.49. The molecule has 1 aliphatic carbocycles. The van der Waals surface area contributed by atoms with Gasteiger partial charge >= 0.3 is 0 Å². The lowest BCUT2D eigenvalue weighted by Crippen LogP contribution is -2.69. The first-order valence-electron chi connectivity index (χ1n) is 13.0. The average molecular weight is 605 g/mol. The summed E-state index contributed by atoms with van der Waals surface area (Å²) in [7, 11) is -4.26. The molecule has 3 saturated heterocycles. The van der Waals surface area contributed by atoms with Gasteiger partial charge in [-0.05, 0) is 56.4 Å². The monoisotopic (exact) mass is 604 g/mol. The van der Waals surface area contributed by atoms with Gasteiger partial charge in [0, 0.05) is 41.9 Å². The number of piperidine rings is 2. The Bertz CT molecular complexity index is 1330. The lowest BCUT2D eigenvalue weighted by Gasteiger charge is -2.53. The van der Waals surface area contributed by atoms with Crippen LogP contribution in [0.15, 0.2) is 29.4 Å². The highest BCUT2D eigenvalue weighted by molar-refractivity contribution is 7.94. The SMILES string of the molecule is Cc1c(Cl)cccc1NCC(=O)N1[C@@H]2CC[C@H]([C@@H]1C(=O)N[C@@H](/C=C(\F)S(C)(=O)=O)C[C@H]1CCNC1=O)C(F)(F)C2. The van der Waals surface area contributed by atoms with E-state index in [0.29, 0.717) is 48.0 Å². The molecule has 4 fully saturated rings. The van der Waals surface area contributed by atoms with Crippen LogP contribution in [-0.2, 0) is 24.2 Å². The van der Waals surface area contributed by atoms with Crippen LogP contribution in [-0.4, -0.2) is 74.4 Å². The Morgan fingerprint density at radius 2 is 2.00 bits per heavy atom. The van der Waals surface area contributed by atoms with Crippen LogP contribution in [0.2, 0.25) is 5.02 Å². The van der Waals surface area contributed by atoms with Gasteiger partial charge < -0.3 is 20.9 Å². The van der Waals surface area contributed by atoms with Crippen molar-refractivity contribution in [2.24, 2.45) is 11.8 Å². The zero-order chi connectivity index (χ0) is 29.4. The number of fused-ring (bicyclic) bond motifs is 3. The Hall–Kier alpha value is -2.80. The number of sulfone groups is 1. The van der Waals surface area contributed by atoms with Gasteiger partial charge in [0.2, 0.25) is 32.7 Å². The Morgan fingerprint density at radius 1 is 1.27 bits per heavy atom. The van der Waals surface area contributed by atoms with Gasteiger partial charge in [-0.15, -0.1) is 0 Å². The third-order valence-electron chi connectivity index (χ3n) is 7.91. The molecule has 0 spiro atoms. The van der Waals surface area contributed by atoms with Gasteiger partial charge in [-0.2, -0.15) is 4.39 Å². The highest BCUT2D eigenvalue weighted by Gasteiger charge is 2.60. The van der Waals surface area contributed by atoms with Gasteiger partial charge in [0.1, 0.15) is 6.04 Å². The van der Waals surface area contributed by atoms with Gasteiger partial charge in [-0.25, -0.2) is 17.2 Å². The molecule has 3 aliphatic heterocycles. The summed E-state index contributed by atoms with van der Waals surface area (Å²) in [5, 5.41) is 7.01. The second-order valence-electron chi connectivity index (χ2n) is 10.7. The maximum Gasteiger partial charge on any atom is 0.255 e. The molecule has 4 aliphatic rings. The molecule has 5 rings (SSSR count). The summed E-state index contributed by atoms with van der Waals surface area (Å²) in [6.07, 6.45) is 1.27. The molecule has 220 valence electrons. The van der Waals surface area contributed by atoms with Crippen molar-refractivity contribution in [2.45, 2.75) is 63.1 Å². The minimum Gasteiger partial charge on any atom is -0.376 e. The fourth-order valence-electron chi connectivity index (χ4n) is 5.82. The lowest BCUT2D eigenvalue weighted by atomic mass is 9.71. The normalized spacial score (nSPS) is 26.8. The van der Waals surface area contributed by atoms with Crippen molar-refractivity contribution in [1.82, 2.24) is 15.5 Å². The van der Waals surface area contributed by atoms with E-state index >= 15 is 8.78 Å². The fraction of sp³-hybridized carbons (Fsp3) is 0.577. The standard InChI is InChI=1S/C26H32ClF3N4O5S/c1-14-19(27)4-3-5-20(14)32-13-22(35)34-17-6-7-18(26(29,30)12-17)23(34)25(37)33-16(11-21(28)40(2,38)39)10-15-8-9-31-24(15)36/h3-5,11,15-18,23,32H,6-10,12-13H2,1-2H3,(H,31,36)(H,33,37)/b21-11+/t15-,16-,17-,18-,23-/m1/s1. The average Bonchev–Trinajstić information content (AvgIpc) is 3.27. The van der Waals surface area contributed by atoms with Crippen molar-refractivity contribution >= 4 is 44.8 Å². The topological polar surface area (TPSA) is 125 Å². The molecule has 0 radical (unpaired) electrons. The van der Waals surface area contributed by atoms with Crippen LogP contribution in [0.5, 0.6) is 0 Å². The third-order valence-corrected chi connectivity index (χ3v) is 9.16. The third kappa shape index (κ3) is 6.40. The number of halogens is 4. The van der Waals surface area contributed by atoms with E-state index in [1.165, 1.54) is 4.90 Å². The van der Waals surface area contributed by atoms with E-state index in [-0.39, 0.29) is 25.3 Å². The van der Waals surface area contributed by atoms with Gasteiger partial charge in [0.05, 0.1) is 18.5 Å². The number of carbonyl (C=O) groups excluding carboxylic acids is 3. The first-order chi connectivity index (χ1) is 18.7. The predicted octanol–water partition coefficient (Wildman–Crippen LogP) is 2.94. The summed E-state index contributed by atoms with van der Waals surface area (Å²) >= 11 is 6.14. The molecule has 0 unspecified atom stereocenters. The van der Waals surface area contributed by atoms with Crippen molar-refractivity contribution in [1.29, 1.82) is 0 Å². The molecular formula is C26H32ClF3N4O5S. The summed E-state index contributed by atoms with van der Waals surface area (Å²) in [5.41, 5.74) is 1.27. The molecule has 14 heteroatoms. The molecule has 3 N–H and O–H groups in total. The van der Waals surface area contributed by atoms with E-state index in [2.05, 4.69) is 16.0 Å². The fourth-order valence-corrected chi connectivity index (χ4v) is 6.41. The minimum atomic E-state index is -4.26. The summed E-state index contributed by atoms with van der Waals surface area (Å²) in [5.74, 6) is -7.20. The summed E-state index contributed by atoms with van der Waals surface area (Å²) < 4.78 is 67.9. The molecule has 9 nitrogen and oxygen atoms in total. The predicted molar refractivity (Wildman–Crippen MR) is 143 cm³/mol. The molecule has 3 amide bonds. The molecule has 3 heterocycles. The lowest BCUT2D eigenvalue weighted by molar-refractivity contribution is -0.193. The van der Waals surface area contributed by atoms with Crippen molar-refractivity contribution in [3.05, 3.63) is 40.0 Å². The van der Waals surface area contributed by atoms with Gasteiger partial charge in [0.25, 0.3) is 5.92 Å². The van der Waals surface area contributed by atoms with Crippen molar-refractivity contribution in [3.63, 3.8) is 0 Å². The van der Waals surface area contributed by atoms with Gasteiger partial charge in [-0.3, -0.25) is 14.4 Å². The van der Waals surface area contributed by atoms with E-state index in [0.717, 1.165) is 0 Å². The molecule has 1 aromatic carbocycles. The number of nitrogens with zero attached hydrogens (tertiary/aromatic N) is 1. The quantitative estimate of drug-likeness (QED) is 0.398. The van der Waals surface area contributed by atoms with Gasteiger partial charge in [-0.1, -0.05) is 17.7 Å². The van der Waals surface area contributed by atoms with Crippen LogP contribution < -0.4 is 16.0 Å². The molecule has 0 aromatic heterocycles. The number of rotatable bonds is 9. The summed E-state index contributed by atoms with van der Waals surface area (Å²) in [6, 6.07) is 1.34. The number of anilines is 1. The van der Waals surface area contributed by atoms with E-state index < -0.39 is 69.1 Å². The largest absolute Gasteiger partial charge is 0.376 e. The Balaban J connectivity index is 1.59. The second kappa shape index (κ2) is 11.6. The Kier molecular flexibility index (Phi) is 8.74. The van der Waals surface area contributed by atoms with Crippen LogP contribution in [0.4, 0.5) is 18.9 Å². The molecule has 2 bridgehead atoms. The van der Waals surface area contributed by atoms with E-state index in [4.69, 9.17) is 11.6 Å². The van der Waals surface area contributed by atoms with Crippen molar-refractivity contribution in [2.75, 3.05) is 24.7 Å². The molecule has 5 atom stereocenters. The summed E-state index contributed by atoms with van der Waals surface area (Å²) in [4.78, 5) is 40.3. The van der Waals surface area contributed by atoms with Crippen LogP contribution >= 0.6 is 11.6 Å². The van der Waals surface area contributed by atoms with Crippen LogP contribution in [0.1, 0.15) is 37.7 Å². The number of benzene rings is 1. The number of alkyl halides is 2. The van der Waals surface area contributed by atoms with E-state index in [9.17, 15) is 27.2 Å². The number of carbonyl (C=O) groups is 3. The van der Waals surface area contributed by atoms with Crippen LogP contribution in [0.3, 0.4) is 0 Å². The number of nitrogens with one attached hydrogen (secondary N) is 3.